The molecule has 1 unspecified atom stereocenters. The van der Waals surface area contributed by atoms with Crippen molar-refractivity contribution in [3.05, 3.63) is 24.1 Å². The number of carbonyl (C=O) groups is 2. The Hall–Kier alpha value is -2.57. The van der Waals surface area contributed by atoms with Crippen LogP contribution in [-0.2, 0) is 10.2 Å². The summed E-state index contributed by atoms with van der Waals surface area (Å²) in [5.74, 6) is 0.155. The van der Waals surface area contributed by atoms with Gasteiger partial charge in [0, 0.05) is 11.1 Å². The van der Waals surface area contributed by atoms with E-state index in [2.05, 4.69) is 10.3 Å². The first-order chi connectivity index (χ1) is 10.2. The molecule has 2 aromatic rings. The van der Waals surface area contributed by atoms with E-state index in [0.29, 0.717) is 22.7 Å². The number of carbonyl (C=O) groups excluding carboxylic acids is 2. The zero-order chi connectivity index (χ0) is 16.5. The first-order valence-corrected chi connectivity index (χ1v) is 6.95. The van der Waals surface area contributed by atoms with Gasteiger partial charge in [-0.2, -0.15) is 0 Å². The van der Waals surface area contributed by atoms with Crippen molar-refractivity contribution in [1.29, 1.82) is 0 Å². The number of oxazole rings is 1. The zero-order valence-electron chi connectivity index (χ0n) is 13.1. The molecule has 2 rings (SSSR count). The predicted molar refractivity (Wildman–Crippen MR) is 83.5 cm³/mol. The minimum Gasteiger partial charge on any atom is -0.440 e. The minimum absolute atomic E-state index is 0.179. The van der Waals surface area contributed by atoms with Gasteiger partial charge in [0.2, 0.25) is 11.8 Å². The molecule has 1 aromatic heterocycles. The van der Waals surface area contributed by atoms with Gasteiger partial charge >= 0.3 is 6.03 Å². The van der Waals surface area contributed by atoms with E-state index in [0.717, 1.165) is 0 Å². The van der Waals surface area contributed by atoms with Gasteiger partial charge in [-0.3, -0.25) is 10.1 Å². The molecule has 0 radical (unpaired) electrons. The lowest BCUT2D eigenvalue weighted by molar-refractivity contribution is -0.120. The molecule has 7 heteroatoms. The number of hydrogen-bond acceptors (Lipinski definition) is 5. The summed E-state index contributed by atoms with van der Waals surface area (Å²) >= 11 is 0. The number of urea groups is 1. The number of imide groups is 1. The van der Waals surface area contributed by atoms with E-state index in [4.69, 9.17) is 10.2 Å². The SMILES string of the molecule is CC(Nc1ccc2oc(C(C)(C)C)nc2c1)C(=O)NC(N)=O. The summed E-state index contributed by atoms with van der Waals surface area (Å²) < 4.78 is 5.71. The third-order valence-electron chi connectivity index (χ3n) is 3.05. The lowest BCUT2D eigenvalue weighted by Crippen LogP contribution is -2.43. The number of benzene rings is 1. The molecule has 0 bridgehead atoms. The maximum Gasteiger partial charge on any atom is 0.318 e. The van der Waals surface area contributed by atoms with Gasteiger partial charge < -0.3 is 15.5 Å². The smallest absolute Gasteiger partial charge is 0.318 e. The van der Waals surface area contributed by atoms with Gasteiger partial charge in [-0.1, -0.05) is 20.8 Å². The third kappa shape index (κ3) is 3.55. The summed E-state index contributed by atoms with van der Waals surface area (Å²) in [5, 5.41) is 5.01. The van der Waals surface area contributed by atoms with Crippen LogP contribution < -0.4 is 16.4 Å². The number of nitrogens with zero attached hydrogens (tertiary/aromatic N) is 1. The number of primary amides is 1. The standard InChI is InChI=1S/C15H20N4O3/c1-8(12(20)19-14(16)21)17-9-5-6-11-10(7-9)18-13(22-11)15(2,3)4/h5-8,17H,1-4H3,(H3,16,19,20,21). The number of aromatic nitrogens is 1. The molecular weight excluding hydrogens is 284 g/mol. The normalized spacial score (nSPS) is 12.9. The van der Waals surface area contributed by atoms with Gasteiger partial charge in [-0.25, -0.2) is 9.78 Å². The number of fused-ring (bicyclic) bond motifs is 1. The number of nitrogens with two attached hydrogens (primary N) is 1. The topological polar surface area (TPSA) is 110 Å². The van der Waals surface area contributed by atoms with Gasteiger partial charge in [0.25, 0.3) is 0 Å². The van der Waals surface area contributed by atoms with E-state index in [-0.39, 0.29) is 5.41 Å². The summed E-state index contributed by atoms with van der Waals surface area (Å²) in [5.41, 5.74) is 6.84. The molecule has 0 aliphatic carbocycles. The highest BCUT2D eigenvalue weighted by atomic mass is 16.3. The first kappa shape index (κ1) is 15.8. The molecule has 0 aliphatic rings. The Bertz CT molecular complexity index is 715. The van der Waals surface area contributed by atoms with E-state index in [1.54, 1.807) is 25.1 Å². The summed E-state index contributed by atoms with van der Waals surface area (Å²) in [6.45, 7) is 7.69. The molecule has 0 saturated carbocycles. The van der Waals surface area contributed by atoms with Crippen molar-refractivity contribution in [3.8, 4) is 0 Å². The van der Waals surface area contributed by atoms with E-state index >= 15 is 0 Å². The lowest BCUT2D eigenvalue weighted by atomic mass is 9.97. The molecule has 7 nitrogen and oxygen atoms in total. The molecule has 0 spiro atoms. The molecule has 3 amide bonds. The molecule has 0 aliphatic heterocycles. The molecule has 118 valence electrons. The molecule has 0 fully saturated rings. The number of amides is 3. The van der Waals surface area contributed by atoms with Crippen molar-refractivity contribution >= 4 is 28.7 Å². The van der Waals surface area contributed by atoms with E-state index in [9.17, 15) is 9.59 Å². The highest BCUT2D eigenvalue weighted by Gasteiger charge is 2.21. The number of rotatable bonds is 3. The van der Waals surface area contributed by atoms with Gasteiger partial charge in [-0.15, -0.1) is 0 Å². The molecule has 1 heterocycles. The molecule has 0 saturated heterocycles. The summed E-state index contributed by atoms with van der Waals surface area (Å²) in [7, 11) is 0. The van der Waals surface area contributed by atoms with E-state index < -0.39 is 18.0 Å². The van der Waals surface area contributed by atoms with E-state index in [1.165, 1.54) is 0 Å². The molecular formula is C15H20N4O3. The average Bonchev–Trinajstić information content (AvgIpc) is 2.80. The second kappa shape index (κ2) is 5.67. The van der Waals surface area contributed by atoms with E-state index in [1.807, 2.05) is 26.1 Å². The molecule has 1 aromatic carbocycles. The molecule has 4 N–H and O–H groups in total. The number of anilines is 1. The predicted octanol–water partition coefficient (Wildman–Crippen LogP) is 2.12. The summed E-state index contributed by atoms with van der Waals surface area (Å²) in [4.78, 5) is 26.8. The largest absolute Gasteiger partial charge is 0.440 e. The van der Waals surface area contributed by atoms with Crippen LogP contribution >= 0.6 is 0 Å². The fraction of sp³-hybridized carbons (Fsp3) is 0.400. The Kier molecular flexibility index (Phi) is 4.07. The Morgan fingerprint density at radius 3 is 2.59 bits per heavy atom. The Morgan fingerprint density at radius 2 is 2.00 bits per heavy atom. The first-order valence-electron chi connectivity index (χ1n) is 6.95. The van der Waals surface area contributed by atoms with Gasteiger partial charge in [-0.05, 0) is 25.1 Å². The van der Waals surface area contributed by atoms with Crippen LogP contribution in [0.1, 0.15) is 33.6 Å². The monoisotopic (exact) mass is 304 g/mol. The van der Waals surface area contributed by atoms with Crippen LogP contribution in [0.2, 0.25) is 0 Å². The van der Waals surface area contributed by atoms with Crippen LogP contribution in [0, 0.1) is 0 Å². The fourth-order valence-corrected chi connectivity index (χ4v) is 1.88. The van der Waals surface area contributed by atoms with Crippen LogP contribution in [0.4, 0.5) is 10.5 Å². The second-order valence-corrected chi connectivity index (χ2v) is 6.17. The van der Waals surface area contributed by atoms with Crippen LogP contribution in [0.3, 0.4) is 0 Å². The Morgan fingerprint density at radius 1 is 1.32 bits per heavy atom. The van der Waals surface area contributed by atoms with Crippen molar-refractivity contribution < 1.29 is 14.0 Å². The van der Waals surface area contributed by atoms with Gasteiger partial charge in [0.1, 0.15) is 11.6 Å². The lowest BCUT2D eigenvalue weighted by Gasteiger charge is -2.13. The molecule has 1 atom stereocenters. The maximum absolute atomic E-state index is 11.6. The summed E-state index contributed by atoms with van der Waals surface area (Å²) in [6, 6.07) is 3.88. The average molecular weight is 304 g/mol. The summed E-state index contributed by atoms with van der Waals surface area (Å²) in [6.07, 6.45) is 0. The van der Waals surface area contributed by atoms with Crippen molar-refractivity contribution in [1.82, 2.24) is 10.3 Å². The minimum atomic E-state index is -0.875. The third-order valence-corrected chi connectivity index (χ3v) is 3.05. The Balaban J connectivity index is 2.19. The van der Waals surface area contributed by atoms with Crippen molar-refractivity contribution in [2.45, 2.75) is 39.2 Å². The Labute approximate surface area is 128 Å². The van der Waals surface area contributed by atoms with Crippen LogP contribution in [0.15, 0.2) is 22.6 Å². The van der Waals surface area contributed by atoms with Crippen molar-refractivity contribution in [3.63, 3.8) is 0 Å². The second-order valence-electron chi connectivity index (χ2n) is 6.17. The number of nitrogens with one attached hydrogen (secondary N) is 2. The zero-order valence-corrected chi connectivity index (χ0v) is 13.1. The van der Waals surface area contributed by atoms with Gasteiger partial charge in [0.05, 0.1) is 0 Å². The van der Waals surface area contributed by atoms with Crippen LogP contribution in [0.5, 0.6) is 0 Å². The quantitative estimate of drug-likeness (QED) is 0.804. The molecule has 22 heavy (non-hydrogen) atoms. The highest BCUT2D eigenvalue weighted by Crippen LogP contribution is 2.27. The van der Waals surface area contributed by atoms with Gasteiger partial charge in [0.15, 0.2) is 5.58 Å². The highest BCUT2D eigenvalue weighted by molar-refractivity contribution is 5.97. The van der Waals surface area contributed by atoms with Crippen LogP contribution in [-0.4, -0.2) is 23.0 Å². The van der Waals surface area contributed by atoms with Crippen LogP contribution in [0.25, 0.3) is 11.1 Å². The van der Waals surface area contributed by atoms with Crippen molar-refractivity contribution in [2.75, 3.05) is 5.32 Å². The van der Waals surface area contributed by atoms with Crippen molar-refractivity contribution in [2.24, 2.45) is 5.73 Å². The fourth-order valence-electron chi connectivity index (χ4n) is 1.88. The maximum atomic E-state index is 11.6. The number of hydrogen-bond donors (Lipinski definition) is 3.